The minimum atomic E-state index is -0.157. The highest BCUT2D eigenvalue weighted by atomic mass is 16.3. The molecule has 1 aliphatic rings. The zero-order valence-corrected chi connectivity index (χ0v) is 7.94. The molecule has 1 atom stereocenters. The lowest BCUT2D eigenvalue weighted by molar-refractivity contribution is 0.475. The average Bonchev–Trinajstić information content (AvgIpc) is 2.19. The average molecular weight is 185 g/mol. The smallest absolute Gasteiger partial charge is 0.115 e. The molecular formula is C12H11NO. The summed E-state index contributed by atoms with van der Waals surface area (Å²) in [6.07, 6.45) is 5.67. The van der Waals surface area contributed by atoms with E-state index in [0.29, 0.717) is 0 Å². The van der Waals surface area contributed by atoms with Crippen molar-refractivity contribution in [3.63, 3.8) is 0 Å². The van der Waals surface area contributed by atoms with Crippen LogP contribution in [-0.4, -0.2) is 11.0 Å². The minimum absolute atomic E-state index is 0.157. The first-order valence-corrected chi connectivity index (χ1v) is 4.48. The Labute approximate surface area is 82.9 Å². The van der Waals surface area contributed by atoms with Crippen LogP contribution in [-0.2, 0) is 5.41 Å². The summed E-state index contributed by atoms with van der Waals surface area (Å²) in [6.45, 7) is 2.08. The molecule has 1 unspecified atom stereocenters. The third kappa shape index (κ3) is 1.48. The van der Waals surface area contributed by atoms with Gasteiger partial charge in [0.1, 0.15) is 5.75 Å². The number of allylic oxidation sites excluding steroid dienone is 2. The molecule has 1 N–H and O–H groups in total. The van der Waals surface area contributed by atoms with Crippen LogP contribution in [0.5, 0.6) is 5.75 Å². The molecule has 1 aliphatic heterocycles. The lowest BCUT2D eigenvalue weighted by Crippen LogP contribution is -2.16. The second kappa shape index (κ2) is 3.17. The summed E-state index contributed by atoms with van der Waals surface area (Å²) in [5, 5.41) is 9.18. The lowest BCUT2D eigenvalue weighted by atomic mass is 9.82. The molecule has 1 heterocycles. The molecule has 2 rings (SSSR count). The van der Waals surface area contributed by atoms with E-state index in [-0.39, 0.29) is 11.2 Å². The van der Waals surface area contributed by atoms with E-state index in [1.807, 2.05) is 24.3 Å². The molecule has 0 aromatic heterocycles. The van der Waals surface area contributed by atoms with Crippen molar-refractivity contribution in [2.24, 2.45) is 4.99 Å². The molecule has 0 aliphatic carbocycles. The van der Waals surface area contributed by atoms with Crippen molar-refractivity contribution < 1.29 is 5.11 Å². The van der Waals surface area contributed by atoms with Crippen LogP contribution in [0.15, 0.2) is 47.6 Å². The quantitative estimate of drug-likeness (QED) is 0.716. The largest absolute Gasteiger partial charge is 0.508 e. The van der Waals surface area contributed by atoms with Gasteiger partial charge in [-0.25, -0.2) is 4.99 Å². The maximum atomic E-state index is 9.18. The van der Waals surface area contributed by atoms with Crippen molar-refractivity contribution in [3.05, 3.63) is 48.2 Å². The molecule has 2 nitrogen and oxygen atoms in total. The summed E-state index contributed by atoms with van der Waals surface area (Å²) < 4.78 is 0. The highest BCUT2D eigenvalue weighted by molar-refractivity contribution is 5.61. The molecule has 70 valence electrons. The first-order chi connectivity index (χ1) is 6.71. The van der Waals surface area contributed by atoms with Crippen LogP contribution in [0.4, 0.5) is 0 Å². The molecule has 0 spiro atoms. The second-order valence-electron chi connectivity index (χ2n) is 3.55. The van der Waals surface area contributed by atoms with E-state index >= 15 is 0 Å². The van der Waals surface area contributed by atoms with Crippen molar-refractivity contribution in [1.29, 1.82) is 0 Å². The molecule has 0 fully saturated rings. The van der Waals surface area contributed by atoms with Gasteiger partial charge in [-0.15, -0.1) is 0 Å². The lowest BCUT2D eigenvalue weighted by Gasteiger charge is -2.22. The van der Waals surface area contributed by atoms with Crippen LogP contribution >= 0.6 is 0 Å². The highest BCUT2D eigenvalue weighted by Crippen LogP contribution is 2.28. The van der Waals surface area contributed by atoms with Gasteiger partial charge in [0.25, 0.3) is 0 Å². The third-order valence-corrected chi connectivity index (χ3v) is 2.42. The summed E-state index contributed by atoms with van der Waals surface area (Å²) in [6, 6.07) is 7.19. The maximum absolute atomic E-state index is 9.18. The molecule has 0 saturated heterocycles. The van der Waals surface area contributed by atoms with E-state index in [2.05, 4.69) is 17.8 Å². The summed E-state index contributed by atoms with van der Waals surface area (Å²) in [5.74, 6) is 3.13. The first-order valence-electron chi connectivity index (χ1n) is 4.48. The van der Waals surface area contributed by atoms with Gasteiger partial charge in [0.05, 0.1) is 0 Å². The number of hydrogen-bond acceptors (Lipinski definition) is 2. The molecule has 1 aromatic rings. The zero-order valence-electron chi connectivity index (χ0n) is 7.94. The molecule has 2 heteroatoms. The van der Waals surface area contributed by atoms with Gasteiger partial charge in [-0.2, -0.15) is 0 Å². The Balaban J connectivity index is 2.44. The van der Waals surface area contributed by atoms with Crippen molar-refractivity contribution >= 4 is 5.87 Å². The summed E-state index contributed by atoms with van der Waals surface area (Å²) in [7, 11) is 0. The van der Waals surface area contributed by atoms with Gasteiger partial charge in [0, 0.05) is 11.6 Å². The predicted molar refractivity (Wildman–Crippen MR) is 56.6 cm³/mol. The standard InChI is InChI=1S/C12H11NO/c1-12(6-8-13-9-7-12)10-2-4-11(14)5-3-10/h2-8,14H,1H3. The van der Waals surface area contributed by atoms with Gasteiger partial charge >= 0.3 is 0 Å². The van der Waals surface area contributed by atoms with Crippen molar-refractivity contribution in [3.8, 4) is 5.75 Å². The Morgan fingerprint density at radius 3 is 2.57 bits per heavy atom. The fourth-order valence-corrected chi connectivity index (χ4v) is 1.45. The van der Waals surface area contributed by atoms with Gasteiger partial charge in [-0.1, -0.05) is 18.2 Å². The number of rotatable bonds is 1. The number of aromatic hydroxyl groups is 1. The Morgan fingerprint density at radius 1 is 1.29 bits per heavy atom. The van der Waals surface area contributed by atoms with E-state index in [1.54, 1.807) is 18.3 Å². The van der Waals surface area contributed by atoms with Gasteiger partial charge < -0.3 is 5.11 Å². The van der Waals surface area contributed by atoms with E-state index in [0.717, 1.165) is 5.56 Å². The van der Waals surface area contributed by atoms with Crippen LogP contribution in [0.25, 0.3) is 0 Å². The normalized spacial score (nSPS) is 24.1. The predicted octanol–water partition coefficient (Wildman–Crippen LogP) is 2.40. The monoisotopic (exact) mass is 185 g/mol. The highest BCUT2D eigenvalue weighted by Gasteiger charge is 2.21. The number of phenols is 1. The van der Waals surface area contributed by atoms with Crippen LogP contribution < -0.4 is 0 Å². The topological polar surface area (TPSA) is 32.6 Å². The fraction of sp³-hybridized carbons (Fsp3) is 0.167. The van der Waals surface area contributed by atoms with Gasteiger partial charge in [0.15, 0.2) is 0 Å². The maximum Gasteiger partial charge on any atom is 0.115 e. The third-order valence-electron chi connectivity index (χ3n) is 2.42. The van der Waals surface area contributed by atoms with Crippen LogP contribution in [0.3, 0.4) is 0 Å². The first kappa shape index (κ1) is 8.79. The van der Waals surface area contributed by atoms with Gasteiger partial charge in [-0.05, 0) is 36.6 Å². The van der Waals surface area contributed by atoms with E-state index in [4.69, 9.17) is 0 Å². The minimum Gasteiger partial charge on any atom is -0.508 e. The molecule has 14 heavy (non-hydrogen) atoms. The Morgan fingerprint density at radius 2 is 2.00 bits per heavy atom. The van der Waals surface area contributed by atoms with E-state index in [9.17, 15) is 5.11 Å². The number of phenolic OH excluding ortho intramolecular Hbond substituents is 1. The SMILES string of the molecule is CC1(c2ccc(O)cc2)C=C=NC=C1. The zero-order chi connectivity index (χ0) is 10.0. The number of aliphatic imine (C=N–C) groups is 1. The number of benzene rings is 1. The summed E-state index contributed by atoms with van der Waals surface area (Å²) >= 11 is 0. The van der Waals surface area contributed by atoms with Gasteiger partial charge in [-0.3, -0.25) is 0 Å². The van der Waals surface area contributed by atoms with E-state index < -0.39 is 0 Å². The molecular weight excluding hydrogens is 174 g/mol. The summed E-state index contributed by atoms with van der Waals surface area (Å²) in [5.41, 5.74) is 0.962. The van der Waals surface area contributed by atoms with Crippen molar-refractivity contribution in [1.82, 2.24) is 0 Å². The van der Waals surface area contributed by atoms with Crippen molar-refractivity contribution in [2.45, 2.75) is 12.3 Å². The molecule has 0 amide bonds. The number of hydrogen-bond donors (Lipinski definition) is 1. The van der Waals surface area contributed by atoms with Gasteiger partial charge in [0.2, 0.25) is 0 Å². The molecule has 0 radical (unpaired) electrons. The summed E-state index contributed by atoms with van der Waals surface area (Å²) in [4.78, 5) is 3.88. The Hall–Kier alpha value is -1.79. The van der Waals surface area contributed by atoms with E-state index in [1.165, 1.54) is 0 Å². The van der Waals surface area contributed by atoms with Crippen LogP contribution in [0, 0.1) is 0 Å². The molecule has 0 bridgehead atoms. The fourth-order valence-electron chi connectivity index (χ4n) is 1.45. The van der Waals surface area contributed by atoms with Crippen LogP contribution in [0.1, 0.15) is 12.5 Å². The Kier molecular flexibility index (Phi) is 1.99. The van der Waals surface area contributed by atoms with Crippen LogP contribution in [0.2, 0.25) is 0 Å². The van der Waals surface area contributed by atoms with Crippen molar-refractivity contribution in [2.75, 3.05) is 0 Å². The number of nitrogens with zero attached hydrogens (tertiary/aromatic N) is 1. The Bertz CT molecular complexity index is 424. The molecule has 1 aromatic carbocycles. The second-order valence-corrected chi connectivity index (χ2v) is 3.55. The molecule has 0 saturated carbocycles.